The highest BCUT2D eigenvalue weighted by atomic mass is 35.5. The van der Waals surface area contributed by atoms with Gasteiger partial charge in [-0.2, -0.15) is 13.2 Å². The van der Waals surface area contributed by atoms with Gasteiger partial charge in [0.2, 0.25) is 5.91 Å². The summed E-state index contributed by atoms with van der Waals surface area (Å²) in [4.78, 5) is 13.5. The molecule has 2 rings (SSSR count). The van der Waals surface area contributed by atoms with Crippen molar-refractivity contribution in [2.45, 2.75) is 12.2 Å². The molecule has 1 amide bonds. The average molecular weight is 322 g/mol. The number of hydrogen-bond donors (Lipinski definition) is 2. The SMILES string of the molecule is NC(=O)C(c1ccc(Cl)c(C(F)(F)F)c1)N1CCNCC1. The molecule has 0 bridgehead atoms. The van der Waals surface area contributed by atoms with E-state index >= 15 is 0 Å². The zero-order valence-corrected chi connectivity index (χ0v) is 11.8. The summed E-state index contributed by atoms with van der Waals surface area (Å²) in [7, 11) is 0. The van der Waals surface area contributed by atoms with E-state index in [4.69, 9.17) is 17.3 Å². The second-order valence-electron chi connectivity index (χ2n) is 4.83. The number of nitrogens with two attached hydrogens (primary N) is 1. The van der Waals surface area contributed by atoms with Crippen LogP contribution >= 0.6 is 11.6 Å². The first-order chi connectivity index (χ1) is 9.80. The van der Waals surface area contributed by atoms with Crippen LogP contribution in [-0.2, 0) is 11.0 Å². The zero-order valence-electron chi connectivity index (χ0n) is 11.1. The fourth-order valence-corrected chi connectivity index (χ4v) is 2.65. The highest BCUT2D eigenvalue weighted by Gasteiger charge is 2.35. The summed E-state index contributed by atoms with van der Waals surface area (Å²) < 4.78 is 38.7. The summed E-state index contributed by atoms with van der Waals surface area (Å²) in [5.74, 6) is -0.674. The predicted octanol–water partition coefficient (Wildman–Crippen LogP) is 1.79. The standard InChI is InChI=1S/C13H15ClF3N3O/c14-10-2-1-8(7-9(10)13(15,16)17)11(12(18)21)20-5-3-19-4-6-20/h1-2,7,11,19H,3-6H2,(H2,18,21). The van der Waals surface area contributed by atoms with Crippen LogP contribution in [0.1, 0.15) is 17.2 Å². The Hall–Kier alpha value is -1.31. The third-order valence-electron chi connectivity index (χ3n) is 3.40. The molecule has 1 aromatic carbocycles. The van der Waals surface area contributed by atoms with Gasteiger partial charge in [-0.3, -0.25) is 9.69 Å². The van der Waals surface area contributed by atoms with Gasteiger partial charge >= 0.3 is 6.18 Å². The van der Waals surface area contributed by atoms with Crippen molar-refractivity contribution in [3.63, 3.8) is 0 Å². The number of amides is 1. The van der Waals surface area contributed by atoms with Gasteiger partial charge in [-0.25, -0.2) is 0 Å². The van der Waals surface area contributed by atoms with Crippen molar-refractivity contribution in [2.75, 3.05) is 26.2 Å². The zero-order chi connectivity index (χ0) is 15.6. The number of hydrogen-bond acceptors (Lipinski definition) is 3. The monoisotopic (exact) mass is 321 g/mol. The largest absolute Gasteiger partial charge is 0.417 e. The van der Waals surface area contributed by atoms with Crippen LogP contribution in [0.25, 0.3) is 0 Å². The molecule has 1 aliphatic heterocycles. The number of carbonyl (C=O) groups excluding carboxylic acids is 1. The van der Waals surface area contributed by atoms with Gasteiger partial charge in [-0.05, 0) is 17.7 Å². The first kappa shape index (κ1) is 16.1. The molecule has 0 saturated carbocycles. The van der Waals surface area contributed by atoms with E-state index in [2.05, 4.69) is 5.32 Å². The summed E-state index contributed by atoms with van der Waals surface area (Å²) in [5, 5.41) is 2.72. The maximum absolute atomic E-state index is 12.9. The van der Waals surface area contributed by atoms with Crippen molar-refractivity contribution >= 4 is 17.5 Å². The van der Waals surface area contributed by atoms with Gasteiger partial charge in [-0.15, -0.1) is 0 Å². The molecule has 0 spiro atoms. The fourth-order valence-electron chi connectivity index (χ4n) is 2.43. The third kappa shape index (κ3) is 3.66. The molecule has 4 nitrogen and oxygen atoms in total. The number of benzene rings is 1. The van der Waals surface area contributed by atoms with Crippen molar-refractivity contribution in [2.24, 2.45) is 5.73 Å². The summed E-state index contributed by atoms with van der Waals surface area (Å²) in [6.07, 6.45) is -4.57. The van der Waals surface area contributed by atoms with Crippen molar-refractivity contribution in [1.29, 1.82) is 0 Å². The Bertz CT molecular complexity index is 530. The molecule has 116 valence electrons. The van der Waals surface area contributed by atoms with E-state index in [9.17, 15) is 18.0 Å². The van der Waals surface area contributed by atoms with Crippen LogP contribution < -0.4 is 11.1 Å². The first-order valence-corrected chi connectivity index (χ1v) is 6.79. The van der Waals surface area contributed by atoms with Gasteiger partial charge in [0.05, 0.1) is 10.6 Å². The Morgan fingerprint density at radius 3 is 2.48 bits per heavy atom. The van der Waals surface area contributed by atoms with Crippen LogP contribution in [-0.4, -0.2) is 37.0 Å². The Kier molecular flexibility index (Phi) is 4.75. The molecule has 1 heterocycles. The minimum Gasteiger partial charge on any atom is -0.368 e. The fraction of sp³-hybridized carbons (Fsp3) is 0.462. The van der Waals surface area contributed by atoms with Gasteiger partial charge in [0.1, 0.15) is 6.04 Å². The van der Waals surface area contributed by atoms with Gasteiger partial charge < -0.3 is 11.1 Å². The number of primary amides is 1. The molecule has 21 heavy (non-hydrogen) atoms. The molecule has 1 aromatic rings. The van der Waals surface area contributed by atoms with E-state index in [1.165, 1.54) is 6.07 Å². The second kappa shape index (κ2) is 6.21. The molecule has 1 saturated heterocycles. The maximum atomic E-state index is 12.9. The summed E-state index contributed by atoms with van der Waals surface area (Å²) >= 11 is 5.59. The number of nitrogens with one attached hydrogen (secondary N) is 1. The molecule has 8 heteroatoms. The lowest BCUT2D eigenvalue weighted by atomic mass is 10.0. The van der Waals surface area contributed by atoms with Gasteiger partial charge in [0.25, 0.3) is 0 Å². The predicted molar refractivity (Wildman–Crippen MR) is 72.8 cm³/mol. The molecule has 0 aromatic heterocycles. The molecule has 1 fully saturated rings. The van der Waals surface area contributed by atoms with Crippen LogP contribution in [0.5, 0.6) is 0 Å². The smallest absolute Gasteiger partial charge is 0.368 e. The Morgan fingerprint density at radius 1 is 1.33 bits per heavy atom. The van der Waals surface area contributed by atoms with Crippen LogP contribution in [0.4, 0.5) is 13.2 Å². The van der Waals surface area contributed by atoms with Gasteiger partial charge in [0.15, 0.2) is 0 Å². The minimum absolute atomic E-state index is 0.209. The van der Waals surface area contributed by atoms with E-state index in [1.807, 2.05) is 0 Å². The summed E-state index contributed by atoms with van der Waals surface area (Å²) in [6.45, 7) is 2.39. The van der Waals surface area contributed by atoms with Crippen LogP contribution in [0.2, 0.25) is 5.02 Å². The first-order valence-electron chi connectivity index (χ1n) is 6.41. The molecule has 1 atom stereocenters. The number of carbonyl (C=O) groups is 1. The van der Waals surface area contributed by atoms with Crippen LogP contribution in [0.3, 0.4) is 0 Å². The van der Waals surface area contributed by atoms with E-state index in [0.29, 0.717) is 26.2 Å². The highest BCUT2D eigenvalue weighted by molar-refractivity contribution is 6.31. The Labute approximate surface area is 125 Å². The van der Waals surface area contributed by atoms with E-state index in [1.54, 1.807) is 4.90 Å². The Balaban J connectivity index is 2.39. The quantitative estimate of drug-likeness (QED) is 0.892. The van der Waals surface area contributed by atoms with Gasteiger partial charge in [0, 0.05) is 26.2 Å². The van der Waals surface area contributed by atoms with Crippen molar-refractivity contribution < 1.29 is 18.0 Å². The number of alkyl halides is 3. The third-order valence-corrected chi connectivity index (χ3v) is 3.73. The normalized spacial score (nSPS) is 18.5. The topological polar surface area (TPSA) is 58.4 Å². The van der Waals surface area contributed by atoms with Crippen LogP contribution in [0.15, 0.2) is 18.2 Å². The second-order valence-corrected chi connectivity index (χ2v) is 5.24. The molecule has 0 radical (unpaired) electrons. The van der Waals surface area contributed by atoms with E-state index in [-0.39, 0.29) is 5.56 Å². The van der Waals surface area contributed by atoms with E-state index in [0.717, 1.165) is 12.1 Å². The number of nitrogens with zero attached hydrogens (tertiary/aromatic N) is 1. The van der Waals surface area contributed by atoms with Crippen molar-refractivity contribution in [3.8, 4) is 0 Å². The van der Waals surface area contributed by atoms with Crippen molar-refractivity contribution in [3.05, 3.63) is 34.3 Å². The molecular formula is C13H15ClF3N3O. The number of halogens is 4. The number of rotatable bonds is 3. The molecule has 3 N–H and O–H groups in total. The lowest BCUT2D eigenvalue weighted by molar-refractivity contribution is -0.137. The molecular weight excluding hydrogens is 307 g/mol. The average Bonchev–Trinajstić information content (AvgIpc) is 2.40. The van der Waals surface area contributed by atoms with Crippen LogP contribution in [0, 0.1) is 0 Å². The lowest BCUT2D eigenvalue weighted by Crippen LogP contribution is -2.48. The van der Waals surface area contributed by atoms with Gasteiger partial charge in [-0.1, -0.05) is 17.7 Å². The molecule has 0 aliphatic carbocycles. The maximum Gasteiger partial charge on any atom is 0.417 e. The highest BCUT2D eigenvalue weighted by Crippen LogP contribution is 2.36. The Morgan fingerprint density at radius 2 is 1.95 bits per heavy atom. The van der Waals surface area contributed by atoms with Crippen molar-refractivity contribution in [1.82, 2.24) is 10.2 Å². The molecule has 1 unspecified atom stereocenters. The lowest BCUT2D eigenvalue weighted by Gasteiger charge is -2.33. The summed E-state index contributed by atoms with van der Waals surface area (Å²) in [5.41, 5.74) is 4.64. The number of piperazine rings is 1. The summed E-state index contributed by atoms with van der Waals surface area (Å²) in [6, 6.07) is 2.58. The molecule has 1 aliphatic rings. The minimum atomic E-state index is -4.57. The van der Waals surface area contributed by atoms with E-state index < -0.39 is 28.7 Å².